The first-order valence-electron chi connectivity index (χ1n) is 9.94. The van der Waals surface area contributed by atoms with E-state index in [0.717, 1.165) is 30.2 Å². The Morgan fingerprint density at radius 1 is 1.33 bits per heavy atom. The molecule has 1 aliphatic heterocycles. The van der Waals surface area contributed by atoms with Gasteiger partial charge in [-0.05, 0) is 55.5 Å². The van der Waals surface area contributed by atoms with Crippen molar-refractivity contribution in [2.24, 2.45) is 0 Å². The number of carbonyl (C=O) groups is 1. The van der Waals surface area contributed by atoms with E-state index in [2.05, 4.69) is 10.3 Å². The molecule has 2 aromatic rings. The number of aryl methyl sites for hydroxylation is 1. The van der Waals surface area contributed by atoms with Crippen LogP contribution in [-0.2, 0) is 4.74 Å². The zero-order valence-corrected chi connectivity index (χ0v) is 17.0. The van der Waals surface area contributed by atoms with Crippen LogP contribution in [-0.4, -0.2) is 39.3 Å². The van der Waals surface area contributed by atoms with Crippen LogP contribution in [0.2, 0.25) is 0 Å². The maximum atomic E-state index is 13.6. The third-order valence-electron chi connectivity index (χ3n) is 5.93. The summed E-state index contributed by atoms with van der Waals surface area (Å²) in [5.74, 6) is -0.524. The number of halogens is 1. The number of benzene rings is 1. The SMILES string of the molecule is CC(=N)OC(=N)C12CCCC(C1)N2C(=O)Nc1ccc(C)c(-c2cncc(F)c2)c1. The van der Waals surface area contributed by atoms with Gasteiger partial charge in [0.25, 0.3) is 0 Å². The molecule has 8 heteroatoms. The number of carbonyl (C=O) groups excluding carboxylic acids is 1. The summed E-state index contributed by atoms with van der Waals surface area (Å²) < 4.78 is 18.9. The molecule has 1 aromatic carbocycles. The number of anilines is 1. The normalized spacial score (nSPS) is 22.1. The number of hydrogen-bond acceptors (Lipinski definition) is 5. The van der Waals surface area contributed by atoms with Gasteiger partial charge in [-0.15, -0.1) is 0 Å². The van der Waals surface area contributed by atoms with E-state index in [1.807, 2.05) is 13.0 Å². The van der Waals surface area contributed by atoms with Crippen molar-refractivity contribution in [1.29, 1.82) is 10.8 Å². The van der Waals surface area contributed by atoms with Crippen molar-refractivity contribution in [3.63, 3.8) is 0 Å². The Morgan fingerprint density at radius 3 is 2.83 bits per heavy atom. The Labute approximate surface area is 174 Å². The largest absolute Gasteiger partial charge is 0.428 e. The van der Waals surface area contributed by atoms with Gasteiger partial charge >= 0.3 is 6.03 Å². The van der Waals surface area contributed by atoms with Crippen molar-refractivity contribution in [3.8, 4) is 11.1 Å². The minimum atomic E-state index is -0.782. The highest BCUT2D eigenvalue weighted by molar-refractivity contribution is 6.00. The molecule has 156 valence electrons. The molecule has 30 heavy (non-hydrogen) atoms. The van der Waals surface area contributed by atoms with E-state index in [-0.39, 0.29) is 23.9 Å². The fourth-order valence-electron chi connectivity index (χ4n) is 4.58. The number of amides is 2. The lowest BCUT2D eigenvalue weighted by molar-refractivity contribution is -0.0329. The average molecular weight is 409 g/mol. The first kappa shape index (κ1) is 20.0. The molecule has 3 N–H and O–H groups in total. The van der Waals surface area contributed by atoms with Gasteiger partial charge in [-0.2, -0.15) is 0 Å². The molecule has 2 heterocycles. The Morgan fingerprint density at radius 2 is 2.13 bits per heavy atom. The minimum absolute atomic E-state index is 0.0449. The summed E-state index contributed by atoms with van der Waals surface area (Å²) in [6, 6.07) is 6.64. The molecular weight excluding hydrogens is 385 g/mol. The van der Waals surface area contributed by atoms with E-state index in [4.69, 9.17) is 15.6 Å². The van der Waals surface area contributed by atoms with E-state index < -0.39 is 11.4 Å². The van der Waals surface area contributed by atoms with Gasteiger partial charge in [0.15, 0.2) is 5.90 Å². The van der Waals surface area contributed by atoms with E-state index >= 15 is 0 Å². The van der Waals surface area contributed by atoms with Gasteiger partial charge in [-0.1, -0.05) is 6.07 Å². The van der Waals surface area contributed by atoms with Crippen LogP contribution in [0.4, 0.5) is 14.9 Å². The molecule has 1 aliphatic carbocycles. The second-order valence-electron chi connectivity index (χ2n) is 7.99. The van der Waals surface area contributed by atoms with Crippen molar-refractivity contribution in [1.82, 2.24) is 9.88 Å². The topological polar surface area (TPSA) is 102 Å². The fraction of sp³-hybridized carbons (Fsp3) is 0.364. The molecular formula is C22H24FN5O2. The number of fused-ring (bicyclic) bond motifs is 2. The molecule has 2 fully saturated rings. The van der Waals surface area contributed by atoms with Crippen LogP contribution >= 0.6 is 0 Å². The molecule has 2 aliphatic rings. The Bertz CT molecular complexity index is 1040. The number of nitrogens with zero attached hydrogens (tertiary/aromatic N) is 2. The Kier molecular flexibility index (Phi) is 5.01. The summed E-state index contributed by atoms with van der Waals surface area (Å²) in [7, 11) is 0. The number of urea groups is 1. The second-order valence-corrected chi connectivity index (χ2v) is 7.99. The standard InChI is InChI=1S/C22H24FN5O2/c1-13-5-6-17(9-19(13)15-8-16(23)12-26-11-15)27-21(29)28-18-4-3-7-22(28,10-18)20(25)30-14(2)24/h5-6,8-9,11-12,18,24-25H,3-4,7,10H2,1-2H3,(H,27,29). The number of aromatic nitrogens is 1. The summed E-state index contributed by atoms with van der Waals surface area (Å²) in [4.78, 5) is 18.7. The van der Waals surface area contributed by atoms with Gasteiger partial charge in [0.1, 0.15) is 11.4 Å². The summed E-state index contributed by atoms with van der Waals surface area (Å²) in [6.07, 6.45) is 5.88. The summed E-state index contributed by atoms with van der Waals surface area (Å²) in [6.45, 7) is 3.39. The molecule has 4 rings (SSSR count). The lowest BCUT2D eigenvalue weighted by Crippen LogP contribution is -2.74. The van der Waals surface area contributed by atoms with Crippen molar-refractivity contribution in [3.05, 3.63) is 48.0 Å². The van der Waals surface area contributed by atoms with Crippen molar-refractivity contribution in [2.75, 3.05) is 5.32 Å². The maximum absolute atomic E-state index is 13.6. The van der Waals surface area contributed by atoms with Gasteiger partial charge in [-0.3, -0.25) is 15.8 Å². The monoisotopic (exact) mass is 409 g/mol. The molecule has 2 bridgehead atoms. The summed E-state index contributed by atoms with van der Waals surface area (Å²) in [5.41, 5.74) is 2.16. The molecule has 2 unspecified atom stereocenters. The predicted octanol–water partition coefficient (Wildman–Crippen LogP) is 4.72. The van der Waals surface area contributed by atoms with Crippen LogP contribution in [0.1, 0.15) is 38.2 Å². The van der Waals surface area contributed by atoms with Gasteiger partial charge in [0, 0.05) is 36.8 Å². The second kappa shape index (κ2) is 7.51. The number of piperidine rings is 1. The zero-order chi connectivity index (χ0) is 21.5. The van der Waals surface area contributed by atoms with Crippen LogP contribution in [0.3, 0.4) is 0 Å². The first-order valence-corrected chi connectivity index (χ1v) is 9.94. The number of hydrogen-bond donors (Lipinski definition) is 3. The molecule has 1 saturated carbocycles. The molecule has 1 saturated heterocycles. The third-order valence-corrected chi connectivity index (χ3v) is 5.93. The van der Waals surface area contributed by atoms with E-state index in [9.17, 15) is 9.18 Å². The van der Waals surface area contributed by atoms with Crippen molar-refractivity contribution in [2.45, 2.75) is 51.1 Å². The number of ether oxygens (including phenoxy) is 1. The Hall–Kier alpha value is -3.29. The van der Waals surface area contributed by atoms with Crippen LogP contribution in [0.25, 0.3) is 11.1 Å². The first-order chi connectivity index (χ1) is 14.3. The molecule has 1 aromatic heterocycles. The highest BCUT2D eigenvalue weighted by atomic mass is 19.1. The molecule has 2 atom stereocenters. The van der Waals surface area contributed by atoms with E-state index in [1.165, 1.54) is 13.0 Å². The molecule has 0 radical (unpaired) electrons. The molecule has 7 nitrogen and oxygen atoms in total. The highest BCUT2D eigenvalue weighted by Crippen LogP contribution is 2.48. The number of likely N-dealkylation sites (tertiary alicyclic amines) is 1. The highest BCUT2D eigenvalue weighted by Gasteiger charge is 2.60. The number of pyridine rings is 1. The van der Waals surface area contributed by atoms with Gasteiger partial charge in [0.05, 0.1) is 6.20 Å². The van der Waals surface area contributed by atoms with E-state index in [1.54, 1.807) is 23.2 Å². The summed E-state index contributed by atoms with van der Waals surface area (Å²) >= 11 is 0. The maximum Gasteiger partial charge on any atom is 0.322 e. The lowest BCUT2D eigenvalue weighted by atomic mass is 9.68. The molecule has 2 amide bonds. The summed E-state index contributed by atoms with van der Waals surface area (Å²) in [5, 5.41) is 18.8. The van der Waals surface area contributed by atoms with Gasteiger partial charge < -0.3 is 15.0 Å². The van der Waals surface area contributed by atoms with Crippen LogP contribution < -0.4 is 5.32 Å². The Balaban J connectivity index is 1.57. The molecule has 0 spiro atoms. The van der Waals surface area contributed by atoms with Gasteiger partial charge in [-0.25, -0.2) is 9.18 Å². The number of rotatable bonds is 3. The quantitative estimate of drug-likeness (QED) is 0.505. The fourth-order valence-corrected chi connectivity index (χ4v) is 4.58. The van der Waals surface area contributed by atoms with E-state index in [0.29, 0.717) is 24.1 Å². The average Bonchev–Trinajstić information content (AvgIpc) is 2.69. The van der Waals surface area contributed by atoms with Crippen LogP contribution in [0.5, 0.6) is 0 Å². The lowest BCUT2D eigenvalue weighted by Gasteiger charge is -2.60. The van der Waals surface area contributed by atoms with Crippen LogP contribution in [0.15, 0.2) is 36.7 Å². The minimum Gasteiger partial charge on any atom is -0.428 e. The third kappa shape index (κ3) is 3.42. The van der Waals surface area contributed by atoms with Crippen molar-refractivity contribution < 1.29 is 13.9 Å². The smallest absolute Gasteiger partial charge is 0.322 e. The zero-order valence-electron chi connectivity index (χ0n) is 17.0. The van der Waals surface area contributed by atoms with Crippen LogP contribution in [0, 0.1) is 23.6 Å². The van der Waals surface area contributed by atoms with Gasteiger partial charge in [0.2, 0.25) is 5.90 Å². The van der Waals surface area contributed by atoms with Crippen molar-refractivity contribution >= 4 is 23.5 Å². The predicted molar refractivity (Wildman–Crippen MR) is 112 cm³/mol. The number of nitrogens with one attached hydrogen (secondary N) is 3.